The first-order chi connectivity index (χ1) is 9.75. The molecule has 4 aromatic rings. The zero-order valence-corrected chi connectivity index (χ0v) is 10.5. The molecule has 0 unspecified atom stereocenters. The van der Waals surface area contributed by atoms with Crippen LogP contribution in [0.25, 0.3) is 22.1 Å². The van der Waals surface area contributed by atoms with Crippen LogP contribution in [0.1, 0.15) is 0 Å². The second-order valence-corrected chi connectivity index (χ2v) is 4.16. The van der Waals surface area contributed by atoms with Gasteiger partial charge in [0.2, 0.25) is 0 Å². The standard InChI is InChI=1S/2C7H6N2O/c2*10-9-5-8-6-3-1-2-4-7(6)9/h2*1-5,10H. The zero-order chi connectivity index (χ0) is 13.9. The average Bonchev–Trinajstić information content (AvgIpc) is 3.05. The zero-order valence-electron chi connectivity index (χ0n) is 10.5. The third-order valence-electron chi connectivity index (χ3n) is 2.87. The third kappa shape index (κ3) is 2.14. The van der Waals surface area contributed by atoms with Crippen LogP contribution in [0.4, 0.5) is 0 Å². The van der Waals surface area contributed by atoms with Crippen LogP contribution in [-0.2, 0) is 0 Å². The summed E-state index contributed by atoms with van der Waals surface area (Å²) in [7, 11) is 0. The highest BCUT2D eigenvalue weighted by molar-refractivity contribution is 5.74. The van der Waals surface area contributed by atoms with Gasteiger partial charge in [-0.25, -0.2) is 9.97 Å². The highest BCUT2D eigenvalue weighted by atomic mass is 16.5. The number of imidazole rings is 2. The minimum Gasteiger partial charge on any atom is -0.427 e. The van der Waals surface area contributed by atoms with Gasteiger partial charge in [0.1, 0.15) is 23.7 Å². The molecule has 0 fully saturated rings. The lowest BCUT2D eigenvalue weighted by Crippen LogP contribution is -1.83. The van der Waals surface area contributed by atoms with Crippen LogP contribution >= 0.6 is 0 Å². The van der Waals surface area contributed by atoms with Crippen LogP contribution < -0.4 is 0 Å². The number of aromatic nitrogens is 4. The number of hydrogen-bond acceptors (Lipinski definition) is 4. The predicted molar refractivity (Wildman–Crippen MR) is 73.8 cm³/mol. The van der Waals surface area contributed by atoms with Gasteiger partial charge in [0.15, 0.2) is 0 Å². The number of benzene rings is 2. The molecule has 0 atom stereocenters. The molecule has 2 aromatic carbocycles. The van der Waals surface area contributed by atoms with E-state index < -0.39 is 0 Å². The number of fused-ring (bicyclic) bond motifs is 2. The molecular formula is C14H12N4O2. The molecule has 6 heteroatoms. The fourth-order valence-corrected chi connectivity index (χ4v) is 1.89. The Bertz CT molecular complexity index is 778. The van der Waals surface area contributed by atoms with Crippen molar-refractivity contribution in [2.24, 2.45) is 0 Å². The van der Waals surface area contributed by atoms with E-state index in [1.807, 2.05) is 48.5 Å². The number of rotatable bonds is 0. The second-order valence-electron chi connectivity index (χ2n) is 4.16. The molecule has 2 aromatic heterocycles. The summed E-state index contributed by atoms with van der Waals surface area (Å²) in [6.45, 7) is 0. The van der Waals surface area contributed by atoms with Gasteiger partial charge in [-0.2, -0.15) is 9.46 Å². The molecule has 0 saturated carbocycles. The van der Waals surface area contributed by atoms with E-state index in [0.29, 0.717) is 0 Å². The van der Waals surface area contributed by atoms with Gasteiger partial charge in [-0.1, -0.05) is 24.3 Å². The minimum absolute atomic E-state index is 0.738. The maximum atomic E-state index is 9.07. The Morgan fingerprint density at radius 2 is 1.05 bits per heavy atom. The molecule has 0 aliphatic heterocycles. The smallest absolute Gasteiger partial charge is 0.133 e. The van der Waals surface area contributed by atoms with Gasteiger partial charge in [-0.15, -0.1) is 0 Å². The summed E-state index contributed by atoms with van der Waals surface area (Å²) in [6.07, 6.45) is 2.76. The van der Waals surface area contributed by atoms with E-state index in [0.717, 1.165) is 31.5 Å². The van der Waals surface area contributed by atoms with E-state index in [1.165, 1.54) is 12.7 Å². The molecule has 2 N–H and O–H groups in total. The topological polar surface area (TPSA) is 76.1 Å². The van der Waals surface area contributed by atoms with Gasteiger partial charge >= 0.3 is 0 Å². The lowest BCUT2D eigenvalue weighted by molar-refractivity contribution is 0.198. The van der Waals surface area contributed by atoms with Crippen molar-refractivity contribution in [3.05, 3.63) is 61.2 Å². The van der Waals surface area contributed by atoms with Gasteiger partial charge < -0.3 is 10.4 Å². The van der Waals surface area contributed by atoms with Crippen molar-refractivity contribution in [1.29, 1.82) is 0 Å². The lowest BCUT2D eigenvalue weighted by Gasteiger charge is -1.88. The minimum atomic E-state index is 0.738. The van der Waals surface area contributed by atoms with Crippen molar-refractivity contribution >= 4 is 22.1 Å². The van der Waals surface area contributed by atoms with Gasteiger partial charge in [0.25, 0.3) is 0 Å². The van der Waals surface area contributed by atoms with Crippen molar-refractivity contribution < 1.29 is 10.4 Å². The largest absolute Gasteiger partial charge is 0.427 e. The van der Waals surface area contributed by atoms with E-state index >= 15 is 0 Å². The Morgan fingerprint density at radius 3 is 1.45 bits per heavy atom. The highest BCUT2D eigenvalue weighted by Crippen LogP contribution is 2.09. The van der Waals surface area contributed by atoms with Crippen molar-refractivity contribution in [1.82, 2.24) is 19.4 Å². The van der Waals surface area contributed by atoms with Crippen molar-refractivity contribution in [2.45, 2.75) is 0 Å². The summed E-state index contributed by atoms with van der Waals surface area (Å²) in [5.41, 5.74) is 3.10. The number of nitrogens with zero attached hydrogens (tertiary/aromatic N) is 4. The van der Waals surface area contributed by atoms with Crippen LogP contribution in [0.3, 0.4) is 0 Å². The number of hydrogen-bond donors (Lipinski definition) is 2. The van der Waals surface area contributed by atoms with E-state index in [2.05, 4.69) is 9.97 Å². The first kappa shape index (κ1) is 12.0. The van der Waals surface area contributed by atoms with Gasteiger partial charge in [0.05, 0.1) is 11.0 Å². The Morgan fingerprint density at radius 1 is 0.650 bits per heavy atom. The van der Waals surface area contributed by atoms with Crippen LogP contribution in [0.15, 0.2) is 61.2 Å². The third-order valence-corrected chi connectivity index (χ3v) is 2.87. The Hall–Kier alpha value is -3.02. The molecule has 4 rings (SSSR count). The van der Waals surface area contributed by atoms with Gasteiger partial charge in [-0.05, 0) is 24.3 Å². The van der Waals surface area contributed by atoms with Gasteiger partial charge in [-0.3, -0.25) is 0 Å². The lowest BCUT2D eigenvalue weighted by atomic mass is 10.3. The maximum absolute atomic E-state index is 9.07. The summed E-state index contributed by atoms with van der Waals surface area (Å²) < 4.78 is 2.02. The Balaban J connectivity index is 0.000000121. The molecule has 6 nitrogen and oxygen atoms in total. The molecule has 0 aliphatic carbocycles. The Labute approximate surface area is 114 Å². The monoisotopic (exact) mass is 268 g/mol. The normalized spacial score (nSPS) is 10.4. The summed E-state index contributed by atoms with van der Waals surface area (Å²) in [5.74, 6) is 0. The molecule has 100 valence electrons. The van der Waals surface area contributed by atoms with Crippen molar-refractivity contribution in [3.63, 3.8) is 0 Å². The summed E-state index contributed by atoms with van der Waals surface area (Å²) >= 11 is 0. The molecule has 2 heterocycles. The first-order valence-electron chi connectivity index (χ1n) is 5.98. The van der Waals surface area contributed by atoms with Crippen molar-refractivity contribution in [2.75, 3.05) is 0 Å². The quantitative estimate of drug-likeness (QED) is 0.480. The summed E-state index contributed by atoms with van der Waals surface area (Å²) in [5, 5.41) is 18.1. The van der Waals surface area contributed by atoms with Crippen LogP contribution in [0.2, 0.25) is 0 Å². The average molecular weight is 268 g/mol. The fraction of sp³-hybridized carbons (Fsp3) is 0. The van der Waals surface area contributed by atoms with E-state index in [1.54, 1.807) is 0 Å². The van der Waals surface area contributed by atoms with Crippen LogP contribution in [-0.4, -0.2) is 29.8 Å². The molecule has 0 saturated heterocycles. The predicted octanol–water partition coefficient (Wildman–Crippen LogP) is 2.55. The Kier molecular flexibility index (Phi) is 2.96. The van der Waals surface area contributed by atoms with E-state index in [-0.39, 0.29) is 0 Å². The van der Waals surface area contributed by atoms with Crippen LogP contribution in [0.5, 0.6) is 0 Å². The van der Waals surface area contributed by atoms with Gasteiger partial charge in [0, 0.05) is 0 Å². The molecule has 0 radical (unpaired) electrons. The molecule has 0 spiro atoms. The molecule has 0 bridgehead atoms. The molecule has 0 aliphatic rings. The SMILES string of the molecule is On1cnc2ccccc21.On1cnc2ccccc21. The molecular weight excluding hydrogens is 256 g/mol. The highest BCUT2D eigenvalue weighted by Gasteiger charge is 1.97. The van der Waals surface area contributed by atoms with Crippen LogP contribution in [0, 0.1) is 0 Å². The molecule has 20 heavy (non-hydrogen) atoms. The molecule has 0 amide bonds. The first-order valence-corrected chi connectivity index (χ1v) is 5.98. The van der Waals surface area contributed by atoms with E-state index in [4.69, 9.17) is 10.4 Å². The fourth-order valence-electron chi connectivity index (χ4n) is 1.89. The summed E-state index contributed by atoms with van der Waals surface area (Å²) in [4.78, 5) is 7.86. The second kappa shape index (κ2) is 4.93. The number of para-hydroxylation sites is 4. The van der Waals surface area contributed by atoms with Crippen molar-refractivity contribution in [3.8, 4) is 0 Å². The maximum Gasteiger partial charge on any atom is 0.133 e. The van der Waals surface area contributed by atoms with E-state index in [9.17, 15) is 0 Å². The summed E-state index contributed by atoms with van der Waals surface area (Å²) in [6, 6.07) is 14.8.